The van der Waals surface area contributed by atoms with Crippen molar-refractivity contribution in [2.24, 2.45) is 0 Å². The van der Waals surface area contributed by atoms with E-state index in [2.05, 4.69) is 0 Å². The van der Waals surface area contributed by atoms with Crippen LogP contribution in [0.3, 0.4) is 0 Å². The van der Waals surface area contributed by atoms with Gasteiger partial charge in [-0.1, -0.05) is 12.1 Å². The molecule has 0 heterocycles. The Hall–Kier alpha value is -1.06. The lowest BCUT2D eigenvalue weighted by molar-refractivity contribution is 0.00620. The number of aliphatic hydroxyl groups excluding tert-OH is 1. The number of aliphatic hydroxyl groups is 1. The van der Waals surface area contributed by atoms with Gasteiger partial charge >= 0.3 is 0 Å². The van der Waals surface area contributed by atoms with Crippen molar-refractivity contribution in [3.63, 3.8) is 0 Å². The molecule has 1 N–H and O–H groups in total. The minimum atomic E-state index is -0.463. The Balaban J connectivity index is 2.45. The second-order valence-corrected chi connectivity index (χ2v) is 4.09. The molecule has 0 saturated heterocycles. The van der Waals surface area contributed by atoms with Gasteiger partial charge < -0.3 is 14.6 Å². The number of hydrogen-bond donors (Lipinski definition) is 1. The highest BCUT2D eigenvalue weighted by atomic mass is 16.5. The molecule has 1 aromatic rings. The molecule has 1 rings (SSSR count). The van der Waals surface area contributed by atoms with E-state index in [1.54, 1.807) is 7.11 Å². The standard InChI is InChI=1S/C13H20O3/c1-10(2)16-9-12(14)7-11-5-4-6-13(8-11)15-3/h4-6,8,10,12,14H,7,9H2,1-3H3. The monoisotopic (exact) mass is 224 g/mol. The van der Waals surface area contributed by atoms with Crippen LogP contribution in [-0.2, 0) is 11.2 Å². The van der Waals surface area contributed by atoms with Gasteiger partial charge in [-0.05, 0) is 31.5 Å². The van der Waals surface area contributed by atoms with Crippen molar-refractivity contribution < 1.29 is 14.6 Å². The molecule has 1 atom stereocenters. The van der Waals surface area contributed by atoms with E-state index in [0.29, 0.717) is 13.0 Å². The van der Waals surface area contributed by atoms with Crippen LogP contribution in [-0.4, -0.2) is 31.0 Å². The molecule has 0 aliphatic carbocycles. The van der Waals surface area contributed by atoms with E-state index in [1.807, 2.05) is 38.1 Å². The fourth-order valence-corrected chi connectivity index (χ4v) is 1.43. The first kappa shape index (κ1) is 13.0. The summed E-state index contributed by atoms with van der Waals surface area (Å²) in [6, 6.07) is 7.71. The topological polar surface area (TPSA) is 38.7 Å². The first-order valence-electron chi connectivity index (χ1n) is 5.54. The van der Waals surface area contributed by atoms with Crippen LogP contribution in [0.1, 0.15) is 19.4 Å². The molecular formula is C13H20O3. The number of rotatable bonds is 6. The summed E-state index contributed by atoms with van der Waals surface area (Å²) in [4.78, 5) is 0. The SMILES string of the molecule is COc1cccc(CC(O)COC(C)C)c1. The molecule has 0 spiro atoms. The molecule has 0 aliphatic rings. The Kier molecular flexibility index (Phi) is 5.29. The minimum absolute atomic E-state index is 0.153. The fourth-order valence-electron chi connectivity index (χ4n) is 1.43. The summed E-state index contributed by atoms with van der Waals surface area (Å²) < 4.78 is 10.5. The molecule has 0 amide bonds. The van der Waals surface area contributed by atoms with Crippen molar-refractivity contribution in [2.75, 3.05) is 13.7 Å². The van der Waals surface area contributed by atoms with Crippen LogP contribution in [0.15, 0.2) is 24.3 Å². The minimum Gasteiger partial charge on any atom is -0.497 e. The second-order valence-electron chi connectivity index (χ2n) is 4.09. The van der Waals surface area contributed by atoms with Crippen LogP contribution in [0.4, 0.5) is 0 Å². The lowest BCUT2D eigenvalue weighted by Gasteiger charge is -2.13. The fraction of sp³-hybridized carbons (Fsp3) is 0.538. The zero-order valence-electron chi connectivity index (χ0n) is 10.1. The van der Waals surface area contributed by atoms with Crippen molar-refractivity contribution in [2.45, 2.75) is 32.5 Å². The highest BCUT2D eigenvalue weighted by Gasteiger charge is 2.07. The van der Waals surface area contributed by atoms with E-state index < -0.39 is 6.10 Å². The second kappa shape index (κ2) is 6.51. The van der Waals surface area contributed by atoms with E-state index in [9.17, 15) is 5.11 Å². The van der Waals surface area contributed by atoms with Crippen LogP contribution in [0.25, 0.3) is 0 Å². The summed E-state index contributed by atoms with van der Waals surface area (Å²) in [7, 11) is 1.64. The first-order chi connectivity index (χ1) is 7.61. The predicted octanol–water partition coefficient (Wildman–Crippen LogP) is 2.02. The highest BCUT2D eigenvalue weighted by molar-refractivity contribution is 5.28. The van der Waals surface area contributed by atoms with Gasteiger partial charge in [0.05, 0.1) is 25.9 Å². The number of benzene rings is 1. The number of hydrogen-bond acceptors (Lipinski definition) is 3. The molecule has 0 aromatic heterocycles. The van der Waals surface area contributed by atoms with Gasteiger partial charge in [-0.15, -0.1) is 0 Å². The van der Waals surface area contributed by atoms with E-state index in [1.165, 1.54) is 0 Å². The van der Waals surface area contributed by atoms with Gasteiger partial charge in [0, 0.05) is 6.42 Å². The zero-order valence-corrected chi connectivity index (χ0v) is 10.1. The maximum absolute atomic E-state index is 9.75. The van der Waals surface area contributed by atoms with Gasteiger partial charge in [0.25, 0.3) is 0 Å². The maximum Gasteiger partial charge on any atom is 0.119 e. The van der Waals surface area contributed by atoms with Crippen molar-refractivity contribution in [1.82, 2.24) is 0 Å². The van der Waals surface area contributed by atoms with Gasteiger partial charge in [-0.3, -0.25) is 0 Å². The number of ether oxygens (including phenoxy) is 2. The smallest absolute Gasteiger partial charge is 0.119 e. The Labute approximate surface area is 97.0 Å². The summed E-state index contributed by atoms with van der Waals surface area (Å²) in [6.45, 7) is 4.28. The molecule has 90 valence electrons. The molecule has 0 fully saturated rings. The third kappa shape index (κ3) is 4.64. The van der Waals surface area contributed by atoms with Gasteiger partial charge in [0.2, 0.25) is 0 Å². The Morgan fingerprint density at radius 3 is 2.69 bits per heavy atom. The van der Waals surface area contributed by atoms with Crippen LogP contribution in [0.5, 0.6) is 5.75 Å². The van der Waals surface area contributed by atoms with Crippen LogP contribution in [0.2, 0.25) is 0 Å². The Bertz CT molecular complexity index is 310. The zero-order chi connectivity index (χ0) is 12.0. The van der Waals surface area contributed by atoms with Crippen LogP contribution >= 0.6 is 0 Å². The van der Waals surface area contributed by atoms with Crippen molar-refractivity contribution in [1.29, 1.82) is 0 Å². The lowest BCUT2D eigenvalue weighted by atomic mass is 10.1. The Morgan fingerprint density at radius 2 is 2.06 bits per heavy atom. The summed E-state index contributed by atoms with van der Waals surface area (Å²) in [5, 5.41) is 9.75. The predicted molar refractivity (Wildman–Crippen MR) is 63.8 cm³/mol. The summed E-state index contributed by atoms with van der Waals surface area (Å²) in [6.07, 6.45) is 0.277. The quantitative estimate of drug-likeness (QED) is 0.803. The van der Waals surface area contributed by atoms with Crippen molar-refractivity contribution >= 4 is 0 Å². The van der Waals surface area contributed by atoms with E-state index >= 15 is 0 Å². The maximum atomic E-state index is 9.75. The normalized spacial score (nSPS) is 12.8. The molecular weight excluding hydrogens is 204 g/mol. The average molecular weight is 224 g/mol. The molecule has 3 heteroatoms. The van der Waals surface area contributed by atoms with Gasteiger partial charge in [-0.25, -0.2) is 0 Å². The van der Waals surface area contributed by atoms with Crippen molar-refractivity contribution in [3.05, 3.63) is 29.8 Å². The third-order valence-corrected chi connectivity index (χ3v) is 2.23. The third-order valence-electron chi connectivity index (χ3n) is 2.23. The average Bonchev–Trinajstić information content (AvgIpc) is 2.26. The van der Waals surface area contributed by atoms with Gasteiger partial charge in [0.1, 0.15) is 5.75 Å². The molecule has 16 heavy (non-hydrogen) atoms. The molecule has 0 aliphatic heterocycles. The summed E-state index contributed by atoms with van der Waals surface area (Å²) >= 11 is 0. The van der Waals surface area contributed by atoms with E-state index in [-0.39, 0.29) is 6.10 Å². The van der Waals surface area contributed by atoms with Crippen LogP contribution in [0, 0.1) is 0 Å². The highest BCUT2D eigenvalue weighted by Crippen LogP contribution is 2.14. The van der Waals surface area contributed by atoms with Gasteiger partial charge in [0.15, 0.2) is 0 Å². The van der Waals surface area contributed by atoms with Crippen molar-refractivity contribution in [3.8, 4) is 5.75 Å². The first-order valence-corrected chi connectivity index (χ1v) is 5.54. The molecule has 0 saturated carbocycles. The lowest BCUT2D eigenvalue weighted by Crippen LogP contribution is -2.20. The van der Waals surface area contributed by atoms with Crippen LogP contribution < -0.4 is 4.74 Å². The van der Waals surface area contributed by atoms with E-state index in [0.717, 1.165) is 11.3 Å². The molecule has 0 radical (unpaired) electrons. The summed E-state index contributed by atoms with van der Waals surface area (Å²) in [5.74, 6) is 0.814. The van der Waals surface area contributed by atoms with Gasteiger partial charge in [-0.2, -0.15) is 0 Å². The largest absolute Gasteiger partial charge is 0.497 e. The molecule has 1 aromatic carbocycles. The molecule has 3 nitrogen and oxygen atoms in total. The number of methoxy groups -OCH3 is 1. The van der Waals surface area contributed by atoms with E-state index in [4.69, 9.17) is 9.47 Å². The summed E-state index contributed by atoms with van der Waals surface area (Å²) in [5.41, 5.74) is 1.05. The Morgan fingerprint density at radius 1 is 1.31 bits per heavy atom. The molecule has 1 unspecified atom stereocenters. The molecule has 0 bridgehead atoms.